The zero-order valence-corrected chi connectivity index (χ0v) is 12.6. The van der Waals surface area contributed by atoms with Crippen molar-refractivity contribution in [1.29, 1.82) is 0 Å². The quantitative estimate of drug-likeness (QED) is 0.764. The van der Waals surface area contributed by atoms with Gasteiger partial charge in [-0.3, -0.25) is 4.79 Å². The maximum Gasteiger partial charge on any atom is 0.232 e. The molecule has 1 saturated carbocycles. The largest absolute Gasteiger partial charge is 0.345 e. The number of hydrogen-bond acceptors (Lipinski definition) is 1. The Balaban J connectivity index is 2.05. The van der Waals surface area contributed by atoms with Gasteiger partial charge in [0, 0.05) is 18.4 Å². The predicted molar refractivity (Wildman–Crippen MR) is 78.0 cm³/mol. The molecule has 0 saturated heterocycles. The first-order chi connectivity index (χ1) is 8.56. The van der Waals surface area contributed by atoms with Crippen LogP contribution in [0.4, 0.5) is 0 Å². The summed E-state index contributed by atoms with van der Waals surface area (Å²) in [6, 6.07) is 10.2. The molecule has 0 N–H and O–H groups in total. The summed E-state index contributed by atoms with van der Waals surface area (Å²) >= 11 is 3.53. The molecule has 2 nitrogen and oxygen atoms in total. The minimum Gasteiger partial charge on any atom is -0.345 e. The number of hydrogen-bond donors (Lipinski definition) is 0. The highest BCUT2D eigenvalue weighted by Gasteiger charge is 2.52. The van der Waals surface area contributed by atoms with Gasteiger partial charge in [-0.25, -0.2) is 0 Å². The fourth-order valence-electron chi connectivity index (χ4n) is 2.35. The maximum absolute atomic E-state index is 12.6. The van der Waals surface area contributed by atoms with Crippen LogP contribution in [0, 0.1) is 0 Å². The van der Waals surface area contributed by atoms with Crippen LogP contribution in [-0.2, 0) is 10.2 Å². The molecule has 0 aliphatic heterocycles. The van der Waals surface area contributed by atoms with E-state index < -0.39 is 0 Å². The first kappa shape index (κ1) is 13.6. The van der Waals surface area contributed by atoms with Crippen LogP contribution in [0.5, 0.6) is 0 Å². The average Bonchev–Trinajstić information content (AvgIpc) is 3.17. The Labute approximate surface area is 117 Å². The Morgan fingerprint density at radius 2 is 2.00 bits per heavy atom. The van der Waals surface area contributed by atoms with Crippen LogP contribution in [0.15, 0.2) is 30.3 Å². The zero-order chi connectivity index (χ0) is 13.2. The van der Waals surface area contributed by atoms with E-state index in [1.165, 1.54) is 5.56 Å². The van der Waals surface area contributed by atoms with Gasteiger partial charge in [0.2, 0.25) is 5.91 Å². The number of nitrogens with zero attached hydrogens (tertiary/aromatic N) is 1. The van der Waals surface area contributed by atoms with Gasteiger partial charge in [0.25, 0.3) is 0 Å². The molecular formula is C15H20BrNO. The standard InChI is InChI=1S/C15H20BrNO/c1-12(16)8-11-17(2)14(18)15(9-10-15)13-6-4-3-5-7-13/h3-7,12H,8-11H2,1-2H3. The molecule has 1 amide bonds. The third-order valence-electron chi connectivity index (χ3n) is 3.69. The highest BCUT2D eigenvalue weighted by molar-refractivity contribution is 9.09. The van der Waals surface area contributed by atoms with E-state index in [1.807, 2.05) is 30.1 Å². The second-order valence-electron chi connectivity index (χ2n) is 5.24. The molecule has 98 valence electrons. The van der Waals surface area contributed by atoms with Crippen LogP contribution in [-0.4, -0.2) is 29.2 Å². The highest BCUT2D eigenvalue weighted by atomic mass is 79.9. The van der Waals surface area contributed by atoms with Crippen molar-refractivity contribution in [1.82, 2.24) is 4.90 Å². The molecule has 1 aliphatic carbocycles. The van der Waals surface area contributed by atoms with Gasteiger partial charge in [-0.2, -0.15) is 0 Å². The summed E-state index contributed by atoms with van der Waals surface area (Å²) in [6.07, 6.45) is 2.97. The molecule has 1 fully saturated rings. The lowest BCUT2D eigenvalue weighted by atomic mass is 9.94. The van der Waals surface area contributed by atoms with E-state index in [-0.39, 0.29) is 11.3 Å². The summed E-state index contributed by atoms with van der Waals surface area (Å²) < 4.78 is 0. The fourth-order valence-corrected chi connectivity index (χ4v) is 2.55. The van der Waals surface area contributed by atoms with Crippen molar-refractivity contribution in [2.24, 2.45) is 0 Å². The summed E-state index contributed by atoms with van der Waals surface area (Å²) in [5.41, 5.74) is 0.958. The van der Waals surface area contributed by atoms with Crippen molar-refractivity contribution >= 4 is 21.8 Å². The van der Waals surface area contributed by atoms with Gasteiger partial charge in [0.05, 0.1) is 5.41 Å². The molecule has 3 heteroatoms. The third kappa shape index (κ3) is 2.77. The normalized spacial score (nSPS) is 18.2. The summed E-state index contributed by atoms with van der Waals surface area (Å²) in [6.45, 7) is 2.93. The van der Waals surface area contributed by atoms with E-state index in [0.717, 1.165) is 25.8 Å². The second-order valence-corrected chi connectivity index (χ2v) is 6.81. The van der Waals surface area contributed by atoms with Gasteiger partial charge < -0.3 is 4.90 Å². The van der Waals surface area contributed by atoms with Crippen molar-refractivity contribution in [3.63, 3.8) is 0 Å². The first-order valence-electron chi connectivity index (χ1n) is 6.51. The number of carbonyl (C=O) groups is 1. The third-order valence-corrected chi connectivity index (χ3v) is 4.15. The van der Waals surface area contributed by atoms with Crippen LogP contribution < -0.4 is 0 Å². The topological polar surface area (TPSA) is 20.3 Å². The Morgan fingerprint density at radius 3 is 2.50 bits per heavy atom. The fraction of sp³-hybridized carbons (Fsp3) is 0.533. The van der Waals surface area contributed by atoms with Crippen LogP contribution in [0.3, 0.4) is 0 Å². The van der Waals surface area contributed by atoms with Crippen molar-refractivity contribution in [3.05, 3.63) is 35.9 Å². The minimum absolute atomic E-state index is 0.217. The number of likely N-dealkylation sites (N-methyl/N-ethyl adjacent to an activating group) is 1. The average molecular weight is 310 g/mol. The van der Waals surface area contributed by atoms with Crippen LogP contribution in [0.25, 0.3) is 0 Å². The summed E-state index contributed by atoms with van der Waals surface area (Å²) in [5, 5.41) is 0. The van der Waals surface area contributed by atoms with E-state index in [1.54, 1.807) is 0 Å². The van der Waals surface area contributed by atoms with Gasteiger partial charge in [-0.15, -0.1) is 0 Å². The van der Waals surface area contributed by atoms with Crippen LogP contribution >= 0.6 is 15.9 Å². The molecule has 0 heterocycles. The molecule has 0 spiro atoms. The molecule has 1 aliphatic rings. The Hall–Kier alpha value is -0.830. The van der Waals surface area contributed by atoms with E-state index in [4.69, 9.17) is 0 Å². The first-order valence-corrected chi connectivity index (χ1v) is 7.43. The van der Waals surface area contributed by atoms with Crippen LogP contribution in [0.1, 0.15) is 31.7 Å². The van der Waals surface area contributed by atoms with Gasteiger partial charge in [0.1, 0.15) is 0 Å². The molecule has 0 radical (unpaired) electrons. The van der Waals surface area contributed by atoms with Gasteiger partial charge in [-0.05, 0) is 24.8 Å². The Kier molecular flexibility index (Phi) is 4.10. The number of carbonyl (C=O) groups excluding carboxylic acids is 1. The van der Waals surface area contributed by atoms with Crippen molar-refractivity contribution in [3.8, 4) is 0 Å². The number of halogens is 1. The zero-order valence-electron chi connectivity index (χ0n) is 11.0. The monoisotopic (exact) mass is 309 g/mol. The van der Waals surface area contributed by atoms with Gasteiger partial charge >= 0.3 is 0 Å². The number of amides is 1. The number of alkyl halides is 1. The molecule has 1 aromatic rings. The minimum atomic E-state index is -0.217. The van der Waals surface area contributed by atoms with E-state index >= 15 is 0 Å². The van der Waals surface area contributed by atoms with Gasteiger partial charge in [0.15, 0.2) is 0 Å². The van der Waals surface area contributed by atoms with Crippen LogP contribution in [0.2, 0.25) is 0 Å². The Morgan fingerprint density at radius 1 is 1.39 bits per heavy atom. The molecular weight excluding hydrogens is 290 g/mol. The summed E-state index contributed by atoms with van der Waals surface area (Å²) in [4.78, 5) is 14.9. The van der Waals surface area contributed by atoms with Crippen molar-refractivity contribution in [2.45, 2.75) is 36.4 Å². The summed E-state index contributed by atoms with van der Waals surface area (Å²) in [7, 11) is 1.92. The van der Waals surface area contributed by atoms with E-state index in [0.29, 0.717) is 4.83 Å². The lowest BCUT2D eigenvalue weighted by Gasteiger charge is -2.24. The smallest absolute Gasteiger partial charge is 0.232 e. The molecule has 1 unspecified atom stereocenters. The predicted octanol–water partition coefficient (Wildman–Crippen LogP) is 3.35. The lowest BCUT2D eigenvalue weighted by molar-refractivity contribution is -0.132. The molecule has 1 atom stereocenters. The lowest BCUT2D eigenvalue weighted by Crippen LogP contribution is -2.37. The SMILES string of the molecule is CC(Br)CCN(C)C(=O)C1(c2ccccc2)CC1. The Bertz CT molecular complexity index is 412. The van der Waals surface area contributed by atoms with E-state index in [9.17, 15) is 4.79 Å². The van der Waals surface area contributed by atoms with Gasteiger partial charge in [-0.1, -0.05) is 53.2 Å². The molecule has 0 aromatic heterocycles. The highest BCUT2D eigenvalue weighted by Crippen LogP contribution is 2.49. The number of rotatable bonds is 5. The summed E-state index contributed by atoms with van der Waals surface area (Å²) in [5.74, 6) is 0.279. The molecule has 1 aromatic carbocycles. The molecule has 0 bridgehead atoms. The molecule has 18 heavy (non-hydrogen) atoms. The second kappa shape index (κ2) is 5.43. The van der Waals surface area contributed by atoms with Crippen molar-refractivity contribution in [2.75, 3.05) is 13.6 Å². The molecule has 2 rings (SSSR count). The maximum atomic E-state index is 12.6. The number of benzene rings is 1. The van der Waals surface area contributed by atoms with Crippen molar-refractivity contribution < 1.29 is 4.79 Å². The van der Waals surface area contributed by atoms with E-state index in [2.05, 4.69) is 35.0 Å².